The predicted molar refractivity (Wildman–Crippen MR) is 92.6 cm³/mol. The first-order valence-electron chi connectivity index (χ1n) is 7.72. The molecule has 1 fully saturated rings. The number of carbonyl (C=O) groups is 1. The fourth-order valence-electron chi connectivity index (χ4n) is 2.71. The zero-order valence-corrected chi connectivity index (χ0v) is 14.9. The van der Waals surface area contributed by atoms with Crippen molar-refractivity contribution in [3.05, 3.63) is 28.8 Å². The van der Waals surface area contributed by atoms with Crippen molar-refractivity contribution < 1.29 is 17.9 Å². The molecule has 1 aliphatic heterocycles. The first-order valence-corrected chi connectivity index (χ1v) is 9.81. The van der Waals surface area contributed by atoms with Gasteiger partial charge >= 0.3 is 0 Å². The van der Waals surface area contributed by atoms with Gasteiger partial charge < -0.3 is 15.4 Å². The van der Waals surface area contributed by atoms with Crippen LogP contribution in [0.1, 0.15) is 23.2 Å². The molecular weight excluding hydrogens is 354 g/mol. The molecule has 1 amide bonds. The van der Waals surface area contributed by atoms with Crippen LogP contribution in [0.3, 0.4) is 0 Å². The molecule has 0 saturated carbocycles. The molecule has 1 unspecified atom stereocenters. The van der Waals surface area contributed by atoms with Gasteiger partial charge in [0.15, 0.2) is 0 Å². The number of ether oxygens (including phenoxy) is 1. The second kappa shape index (κ2) is 8.15. The Bertz CT molecular complexity index is 696. The van der Waals surface area contributed by atoms with Gasteiger partial charge in [0.05, 0.1) is 17.9 Å². The van der Waals surface area contributed by atoms with E-state index in [0.29, 0.717) is 55.4 Å². The standard InChI is InChI=1S/C15H22ClN3O4S/c16-12-2-3-13(14(8-12)23-7-1-5-17)15(20)19-6-4-11(9-19)10-24(18,21)22/h2-3,8,11H,1,4-7,9-10,17H2,(H2,18,21,22). The summed E-state index contributed by atoms with van der Waals surface area (Å²) in [6.45, 7) is 1.74. The molecular formula is C15H22ClN3O4S. The third-order valence-electron chi connectivity index (χ3n) is 3.82. The molecule has 0 aliphatic carbocycles. The van der Waals surface area contributed by atoms with E-state index in [9.17, 15) is 13.2 Å². The van der Waals surface area contributed by atoms with E-state index < -0.39 is 10.0 Å². The molecule has 24 heavy (non-hydrogen) atoms. The van der Waals surface area contributed by atoms with Gasteiger partial charge in [-0.2, -0.15) is 0 Å². The molecule has 0 aromatic heterocycles. The van der Waals surface area contributed by atoms with Crippen LogP contribution < -0.4 is 15.6 Å². The van der Waals surface area contributed by atoms with Crippen LogP contribution in [-0.4, -0.2) is 51.2 Å². The number of nitrogens with zero attached hydrogens (tertiary/aromatic N) is 1. The largest absolute Gasteiger partial charge is 0.493 e. The third kappa shape index (κ3) is 5.34. The normalized spacial score (nSPS) is 18.0. The highest BCUT2D eigenvalue weighted by Gasteiger charge is 2.30. The molecule has 1 aromatic rings. The molecule has 1 atom stereocenters. The Morgan fingerprint density at radius 2 is 2.17 bits per heavy atom. The quantitative estimate of drug-likeness (QED) is 0.684. The van der Waals surface area contributed by atoms with Crippen molar-refractivity contribution in [3.63, 3.8) is 0 Å². The van der Waals surface area contributed by atoms with Crippen LogP contribution >= 0.6 is 11.6 Å². The van der Waals surface area contributed by atoms with Crippen LogP contribution in [0.25, 0.3) is 0 Å². The second-order valence-electron chi connectivity index (χ2n) is 5.87. The number of likely N-dealkylation sites (tertiary alicyclic amines) is 1. The Labute approximate surface area is 146 Å². The molecule has 2 rings (SSSR count). The average Bonchev–Trinajstić information content (AvgIpc) is 2.93. The molecule has 1 aromatic carbocycles. The van der Waals surface area contributed by atoms with E-state index >= 15 is 0 Å². The summed E-state index contributed by atoms with van der Waals surface area (Å²) in [6.07, 6.45) is 1.28. The predicted octanol–water partition coefficient (Wildman–Crippen LogP) is 0.818. The van der Waals surface area contributed by atoms with E-state index in [4.69, 9.17) is 27.2 Å². The summed E-state index contributed by atoms with van der Waals surface area (Å²) in [5.41, 5.74) is 5.85. The molecule has 1 heterocycles. The van der Waals surface area contributed by atoms with Crippen LogP contribution in [0.4, 0.5) is 0 Å². The number of amides is 1. The minimum absolute atomic E-state index is 0.114. The molecule has 1 aliphatic rings. The first-order chi connectivity index (χ1) is 11.3. The monoisotopic (exact) mass is 375 g/mol. The van der Waals surface area contributed by atoms with Crippen LogP contribution in [-0.2, 0) is 10.0 Å². The highest BCUT2D eigenvalue weighted by Crippen LogP contribution is 2.27. The highest BCUT2D eigenvalue weighted by atomic mass is 35.5. The zero-order valence-electron chi connectivity index (χ0n) is 13.3. The van der Waals surface area contributed by atoms with Gasteiger partial charge in [0, 0.05) is 18.1 Å². The molecule has 4 N–H and O–H groups in total. The summed E-state index contributed by atoms with van der Waals surface area (Å²) in [5.74, 6) is -0.0444. The summed E-state index contributed by atoms with van der Waals surface area (Å²) in [4.78, 5) is 14.3. The fraction of sp³-hybridized carbons (Fsp3) is 0.533. The summed E-state index contributed by atoms with van der Waals surface area (Å²) in [5, 5.41) is 5.56. The highest BCUT2D eigenvalue weighted by molar-refractivity contribution is 7.89. The van der Waals surface area contributed by atoms with Gasteiger partial charge in [-0.05, 0) is 43.5 Å². The number of nitrogens with two attached hydrogens (primary N) is 2. The topological polar surface area (TPSA) is 116 Å². The lowest BCUT2D eigenvalue weighted by Gasteiger charge is -2.19. The summed E-state index contributed by atoms with van der Waals surface area (Å²) >= 11 is 5.98. The molecule has 0 bridgehead atoms. The van der Waals surface area contributed by atoms with Crippen molar-refractivity contribution in [2.75, 3.05) is 32.0 Å². The maximum absolute atomic E-state index is 12.7. The molecule has 7 nitrogen and oxygen atoms in total. The zero-order chi connectivity index (χ0) is 17.7. The Hall–Kier alpha value is -1.35. The van der Waals surface area contributed by atoms with Gasteiger partial charge in [-0.25, -0.2) is 13.6 Å². The van der Waals surface area contributed by atoms with Crippen LogP contribution in [0.2, 0.25) is 5.02 Å². The van der Waals surface area contributed by atoms with E-state index in [-0.39, 0.29) is 17.6 Å². The lowest BCUT2D eigenvalue weighted by atomic mass is 10.1. The summed E-state index contributed by atoms with van der Waals surface area (Å²) in [7, 11) is -3.54. The van der Waals surface area contributed by atoms with Crippen molar-refractivity contribution in [2.24, 2.45) is 16.8 Å². The van der Waals surface area contributed by atoms with Gasteiger partial charge in [-0.15, -0.1) is 0 Å². The minimum Gasteiger partial charge on any atom is -0.493 e. The smallest absolute Gasteiger partial charge is 0.257 e. The number of hydrogen-bond donors (Lipinski definition) is 2. The van der Waals surface area contributed by atoms with E-state index in [0.717, 1.165) is 0 Å². The van der Waals surface area contributed by atoms with Gasteiger partial charge in [0.2, 0.25) is 10.0 Å². The Balaban J connectivity index is 2.09. The van der Waals surface area contributed by atoms with Crippen molar-refractivity contribution in [1.82, 2.24) is 4.90 Å². The number of sulfonamides is 1. The molecule has 134 valence electrons. The van der Waals surface area contributed by atoms with Crippen LogP contribution in [0.15, 0.2) is 18.2 Å². The van der Waals surface area contributed by atoms with Crippen molar-refractivity contribution in [2.45, 2.75) is 12.8 Å². The molecule has 0 spiro atoms. The molecule has 9 heteroatoms. The van der Waals surface area contributed by atoms with Crippen LogP contribution in [0, 0.1) is 5.92 Å². The number of benzene rings is 1. The average molecular weight is 376 g/mol. The number of halogens is 1. The minimum atomic E-state index is -3.54. The van der Waals surface area contributed by atoms with E-state index in [1.165, 1.54) is 0 Å². The Morgan fingerprint density at radius 3 is 2.83 bits per heavy atom. The van der Waals surface area contributed by atoms with E-state index in [2.05, 4.69) is 0 Å². The van der Waals surface area contributed by atoms with Gasteiger partial charge in [0.1, 0.15) is 5.75 Å². The molecule has 1 saturated heterocycles. The number of rotatable bonds is 7. The number of carbonyl (C=O) groups excluding carboxylic acids is 1. The van der Waals surface area contributed by atoms with Gasteiger partial charge in [0.25, 0.3) is 5.91 Å². The number of hydrogen-bond acceptors (Lipinski definition) is 5. The van der Waals surface area contributed by atoms with Crippen molar-refractivity contribution in [3.8, 4) is 5.75 Å². The SMILES string of the molecule is NCCCOc1cc(Cl)ccc1C(=O)N1CCC(CS(N)(=O)=O)C1. The lowest BCUT2D eigenvalue weighted by molar-refractivity contribution is 0.0783. The fourth-order valence-corrected chi connectivity index (χ4v) is 3.80. The lowest BCUT2D eigenvalue weighted by Crippen LogP contribution is -2.31. The first kappa shape index (κ1) is 19.0. The van der Waals surface area contributed by atoms with Crippen LogP contribution in [0.5, 0.6) is 5.75 Å². The van der Waals surface area contributed by atoms with E-state index in [1.54, 1.807) is 23.1 Å². The maximum Gasteiger partial charge on any atom is 0.257 e. The second-order valence-corrected chi connectivity index (χ2v) is 7.96. The maximum atomic E-state index is 12.7. The Morgan fingerprint density at radius 1 is 1.42 bits per heavy atom. The Kier molecular flexibility index (Phi) is 6.45. The number of primary sulfonamides is 1. The third-order valence-corrected chi connectivity index (χ3v) is 4.99. The van der Waals surface area contributed by atoms with Crippen molar-refractivity contribution in [1.29, 1.82) is 0 Å². The van der Waals surface area contributed by atoms with E-state index in [1.807, 2.05) is 0 Å². The van der Waals surface area contributed by atoms with Gasteiger partial charge in [-0.3, -0.25) is 4.79 Å². The summed E-state index contributed by atoms with van der Waals surface area (Å²) < 4.78 is 28.0. The van der Waals surface area contributed by atoms with Crippen molar-refractivity contribution >= 4 is 27.5 Å². The van der Waals surface area contributed by atoms with Gasteiger partial charge in [-0.1, -0.05) is 11.6 Å². The molecule has 0 radical (unpaired) electrons. The summed E-state index contributed by atoms with van der Waals surface area (Å²) in [6, 6.07) is 4.85.